The molecule has 0 amide bonds. The Morgan fingerprint density at radius 3 is 2.47 bits per heavy atom. The van der Waals surface area contributed by atoms with Crippen LogP contribution in [0.5, 0.6) is 0 Å². The molecule has 1 atom stereocenters. The van der Waals surface area contributed by atoms with Gasteiger partial charge in [-0.1, -0.05) is 25.4 Å². The fourth-order valence-electron chi connectivity index (χ4n) is 1.55. The van der Waals surface area contributed by atoms with Gasteiger partial charge in [-0.2, -0.15) is 24.9 Å². The first kappa shape index (κ1) is 16.5. The molecular weight excluding hydrogens is 295 g/mol. The standard InChI is InChI=1S/C13H17ClF3NS/c1-3-10(8-19-4-2)18-12-6-5-9(7-11(12)14)13(15,16)17/h5-7,10,18H,3-4,8H2,1-2H3. The van der Waals surface area contributed by atoms with Gasteiger partial charge in [0.15, 0.2) is 0 Å². The highest BCUT2D eigenvalue weighted by Gasteiger charge is 2.30. The maximum atomic E-state index is 12.5. The first-order valence-corrected chi connectivity index (χ1v) is 7.62. The molecule has 0 saturated carbocycles. The second-order valence-electron chi connectivity index (χ2n) is 4.10. The number of hydrogen-bond donors (Lipinski definition) is 1. The molecule has 0 radical (unpaired) electrons. The van der Waals surface area contributed by atoms with E-state index in [1.165, 1.54) is 6.07 Å². The number of anilines is 1. The van der Waals surface area contributed by atoms with Crippen molar-refractivity contribution >= 4 is 29.1 Å². The summed E-state index contributed by atoms with van der Waals surface area (Å²) in [6, 6.07) is 3.61. The molecule has 1 aromatic carbocycles. The van der Waals surface area contributed by atoms with Gasteiger partial charge >= 0.3 is 6.18 Å². The number of benzene rings is 1. The summed E-state index contributed by atoms with van der Waals surface area (Å²) in [5.41, 5.74) is -0.169. The predicted molar refractivity (Wildman–Crippen MR) is 77.2 cm³/mol. The number of rotatable bonds is 6. The highest BCUT2D eigenvalue weighted by atomic mass is 35.5. The third-order valence-corrected chi connectivity index (χ3v) is 4.03. The van der Waals surface area contributed by atoms with Gasteiger partial charge in [-0.3, -0.25) is 0 Å². The van der Waals surface area contributed by atoms with E-state index in [1.807, 2.05) is 6.92 Å². The summed E-state index contributed by atoms with van der Waals surface area (Å²) < 4.78 is 37.5. The van der Waals surface area contributed by atoms with Crippen LogP contribution < -0.4 is 5.32 Å². The zero-order valence-electron chi connectivity index (χ0n) is 10.9. The summed E-state index contributed by atoms with van der Waals surface area (Å²) >= 11 is 7.69. The Morgan fingerprint density at radius 1 is 1.32 bits per heavy atom. The van der Waals surface area contributed by atoms with E-state index in [2.05, 4.69) is 12.2 Å². The Labute approximate surface area is 120 Å². The van der Waals surface area contributed by atoms with Crippen LogP contribution in [0.4, 0.5) is 18.9 Å². The molecule has 0 heterocycles. The van der Waals surface area contributed by atoms with E-state index in [0.717, 1.165) is 30.1 Å². The van der Waals surface area contributed by atoms with Crippen LogP contribution >= 0.6 is 23.4 Å². The lowest BCUT2D eigenvalue weighted by Crippen LogP contribution is -2.21. The van der Waals surface area contributed by atoms with Gasteiger partial charge in [-0.25, -0.2) is 0 Å². The Morgan fingerprint density at radius 2 is 2.00 bits per heavy atom. The van der Waals surface area contributed by atoms with Gasteiger partial charge in [0.1, 0.15) is 0 Å². The summed E-state index contributed by atoms with van der Waals surface area (Å²) in [6.07, 6.45) is -3.46. The van der Waals surface area contributed by atoms with E-state index in [0.29, 0.717) is 5.69 Å². The predicted octanol–water partition coefficient (Wildman–Crippen LogP) is 5.30. The van der Waals surface area contributed by atoms with Crippen molar-refractivity contribution in [1.29, 1.82) is 0 Å². The Hall–Kier alpha value is -0.550. The van der Waals surface area contributed by atoms with Crippen molar-refractivity contribution in [2.24, 2.45) is 0 Å². The zero-order valence-corrected chi connectivity index (χ0v) is 12.4. The van der Waals surface area contributed by atoms with E-state index in [9.17, 15) is 13.2 Å². The van der Waals surface area contributed by atoms with Gasteiger partial charge in [-0.15, -0.1) is 0 Å². The molecule has 0 aliphatic rings. The number of thioether (sulfide) groups is 1. The molecule has 1 rings (SSSR count). The van der Waals surface area contributed by atoms with E-state index in [4.69, 9.17) is 11.6 Å². The molecule has 1 unspecified atom stereocenters. The normalized spacial score (nSPS) is 13.4. The number of halogens is 4. The fourth-order valence-corrected chi connectivity index (χ4v) is 2.62. The van der Waals surface area contributed by atoms with Crippen molar-refractivity contribution < 1.29 is 13.2 Å². The van der Waals surface area contributed by atoms with Gasteiger partial charge in [0.05, 0.1) is 16.3 Å². The lowest BCUT2D eigenvalue weighted by molar-refractivity contribution is -0.137. The Balaban J connectivity index is 2.79. The first-order valence-electron chi connectivity index (χ1n) is 6.09. The van der Waals surface area contributed by atoms with Crippen LogP contribution in [0.3, 0.4) is 0 Å². The maximum absolute atomic E-state index is 12.5. The first-order chi connectivity index (χ1) is 8.88. The Kier molecular flexibility index (Phi) is 6.33. The van der Waals surface area contributed by atoms with Crippen LogP contribution in [-0.2, 0) is 6.18 Å². The SMILES string of the molecule is CCSCC(CC)Nc1ccc(C(F)(F)F)cc1Cl. The fraction of sp³-hybridized carbons (Fsp3) is 0.538. The topological polar surface area (TPSA) is 12.0 Å². The van der Waals surface area contributed by atoms with Crippen LogP contribution in [0, 0.1) is 0 Å². The molecule has 0 bridgehead atoms. The van der Waals surface area contributed by atoms with E-state index >= 15 is 0 Å². The van der Waals surface area contributed by atoms with Crippen molar-refractivity contribution in [2.75, 3.05) is 16.8 Å². The molecule has 6 heteroatoms. The number of hydrogen-bond acceptors (Lipinski definition) is 2. The van der Waals surface area contributed by atoms with Gasteiger partial charge in [-0.05, 0) is 30.4 Å². The lowest BCUT2D eigenvalue weighted by Gasteiger charge is -2.19. The Bertz CT molecular complexity index is 409. The second-order valence-corrected chi connectivity index (χ2v) is 5.83. The molecule has 108 valence electrons. The maximum Gasteiger partial charge on any atom is 0.416 e. The minimum atomic E-state index is -4.36. The summed E-state index contributed by atoms with van der Waals surface area (Å²) in [6.45, 7) is 4.11. The molecule has 0 spiro atoms. The van der Waals surface area contributed by atoms with Crippen molar-refractivity contribution in [3.05, 3.63) is 28.8 Å². The zero-order chi connectivity index (χ0) is 14.5. The van der Waals surface area contributed by atoms with Crippen LogP contribution in [0.2, 0.25) is 5.02 Å². The summed E-state index contributed by atoms with van der Waals surface area (Å²) in [5.74, 6) is 1.92. The van der Waals surface area contributed by atoms with Crippen molar-refractivity contribution in [3.8, 4) is 0 Å². The van der Waals surface area contributed by atoms with Gasteiger partial charge in [0, 0.05) is 11.8 Å². The molecule has 0 saturated heterocycles. The highest BCUT2D eigenvalue weighted by molar-refractivity contribution is 7.99. The quantitative estimate of drug-likeness (QED) is 0.765. The minimum absolute atomic E-state index is 0.106. The van der Waals surface area contributed by atoms with Crippen molar-refractivity contribution in [1.82, 2.24) is 0 Å². The number of alkyl halides is 3. The molecule has 1 aromatic rings. The van der Waals surface area contributed by atoms with E-state index < -0.39 is 11.7 Å². The average molecular weight is 312 g/mol. The summed E-state index contributed by atoms with van der Waals surface area (Å²) in [5, 5.41) is 3.30. The molecule has 1 nitrogen and oxygen atoms in total. The van der Waals surface area contributed by atoms with Crippen molar-refractivity contribution in [2.45, 2.75) is 32.5 Å². The molecule has 1 N–H and O–H groups in total. The van der Waals surface area contributed by atoms with Gasteiger partial charge < -0.3 is 5.32 Å². The number of nitrogens with one attached hydrogen (secondary N) is 1. The molecular formula is C13H17ClF3NS. The highest BCUT2D eigenvalue weighted by Crippen LogP contribution is 2.34. The molecule has 0 aliphatic carbocycles. The van der Waals surface area contributed by atoms with E-state index in [-0.39, 0.29) is 11.1 Å². The third-order valence-electron chi connectivity index (χ3n) is 2.67. The second kappa shape index (κ2) is 7.29. The lowest BCUT2D eigenvalue weighted by atomic mass is 10.1. The van der Waals surface area contributed by atoms with Crippen LogP contribution in [-0.4, -0.2) is 17.5 Å². The molecule has 0 aromatic heterocycles. The van der Waals surface area contributed by atoms with Crippen LogP contribution in [0.1, 0.15) is 25.8 Å². The van der Waals surface area contributed by atoms with Crippen LogP contribution in [0.25, 0.3) is 0 Å². The molecule has 0 fully saturated rings. The minimum Gasteiger partial charge on any atom is -0.380 e. The largest absolute Gasteiger partial charge is 0.416 e. The van der Waals surface area contributed by atoms with E-state index in [1.54, 1.807) is 11.8 Å². The van der Waals surface area contributed by atoms with Crippen molar-refractivity contribution in [3.63, 3.8) is 0 Å². The van der Waals surface area contributed by atoms with Gasteiger partial charge in [0.25, 0.3) is 0 Å². The molecule has 19 heavy (non-hydrogen) atoms. The third kappa shape index (κ3) is 5.15. The van der Waals surface area contributed by atoms with Gasteiger partial charge in [0.2, 0.25) is 0 Å². The molecule has 0 aliphatic heterocycles. The monoisotopic (exact) mass is 311 g/mol. The summed E-state index contributed by atoms with van der Waals surface area (Å²) in [4.78, 5) is 0. The smallest absolute Gasteiger partial charge is 0.380 e. The van der Waals surface area contributed by atoms with Crippen LogP contribution in [0.15, 0.2) is 18.2 Å². The summed E-state index contributed by atoms with van der Waals surface area (Å²) in [7, 11) is 0. The average Bonchev–Trinajstić information content (AvgIpc) is 2.35.